The maximum atomic E-state index is 12.5. The van der Waals surface area contributed by atoms with Crippen LogP contribution in [-0.4, -0.2) is 47.4 Å². The lowest BCUT2D eigenvalue weighted by molar-refractivity contribution is -0.143. The third kappa shape index (κ3) is 57.5. The number of esters is 1. The molecule has 0 radical (unpaired) electrons. The molecule has 0 spiro atoms. The molecule has 0 rings (SSSR count). The zero-order chi connectivity index (χ0) is 51.4. The van der Waals surface area contributed by atoms with Gasteiger partial charge in [0.1, 0.15) is 0 Å². The van der Waals surface area contributed by atoms with Gasteiger partial charge in [0.2, 0.25) is 5.91 Å². The fraction of sp³-hybridized carbons (Fsp3) is 0.908. The maximum absolute atomic E-state index is 12.5. The minimum absolute atomic E-state index is 0.0201. The van der Waals surface area contributed by atoms with Crippen LogP contribution in [0.25, 0.3) is 0 Å². The molecule has 0 aliphatic rings. The molecule has 0 aromatic heterocycles. The summed E-state index contributed by atoms with van der Waals surface area (Å²) in [6.07, 6.45) is 75.1. The van der Waals surface area contributed by atoms with Crippen LogP contribution in [0.1, 0.15) is 354 Å². The second-order valence-electron chi connectivity index (χ2n) is 22.1. The summed E-state index contributed by atoms with van der Waals surface area (Å²) < 4.78 is 5.48. The average Bonchev–Trinajstić information content (AvgIpc) is 3.37. The molecule has 1 amide bonds. The van der Waals surface area contributed by atoms with Gasteiger partial charge in [0.05, 0.1) is 25.4 Å². The number of carbonyl (C=O) groups is 2. The van der Waals surface area contributed by atoms with Crippen molar-refractivity contribution >= 4 is 11.9 Å². The van der Waals surface area contributed by atoms with E-state index in [0.717, 1.165) is 57.8 Å². The Kier molecular flexibility index (Phi) is 59.5. The molecule has 0 saturated heterocycles. The molecule has 2 unspecified atom stereocenters. The lowest BCUT2D eigenvalue weighted by atomic mass is 10.0. The number of aliphatic hydroxyl groups excluding tert-OH is 2. The second kappa shape index (κ2) is 60.9. The predicted molar refractivity (Wildman–Crippen MR) is 310 cm³/mol. The van der Waals surface area contributed by atoms with Crippen LogP contribution in [0.15, 0.2) is 24.3 Å². The Morgan fingerprint density at radius 1 is 0.380 bits per heavy atom. The Bertz CT molecular complexity index is 1110. The highest BCUT2D eigenvalue weighted by Gasteiger charge is 2.18. The largest absolute Gasteiger partial charge is 0.466 e. The van der Waals surface area contributed by atoms with Crippen LogP contribution in [-0.2, 0) is 14.3 Å². The quantitative estimate of drug-likeness (QED) is 0.0320. The molecule has 0 bridgehead atoms. The van der Waals surface area contributed by atoms with Gasteiger partial charge in [-0.3, -0.25) is 9.59 Å². The highest BCUT2D eigenvalue weighted by molar-refractivity contribution is 5.76. The third-order valence-electron chi connectivity index (χ3n) is 15.0. The Morgan fingerprint density at radius 3 is 1.00 bits per heavy atom. The molecule has 0 heterocycles. The third-order valence-corrected chi connectivity index (χ3v) is 15.0. The van der Waals surface area contributed by atoms with Gasteiger partial charge in [0, 0.05) is 12.8 Å². The SMILES string of the molecule is CCCCCCCC/C=C\CCCCCCCCCCCC(=O)OCCCCCCCCCCCCC(=O)NC(CO)C(O)/C=C/CCCCCCCCCCCCCCCCCCCCCCCCC. The van der Waals surface area contributed by atoms with Crippen molar-refractivity contribution in [2.24, 2.45) is 0 Å². The molecule has 6 heteroatoms. The zero-order valence-corrected chi connectivity index (χ0v) is 48.0. The van der Waals surface area contributed by atoms with Crippen LogP contribution in [0.2, 0.25) is 0 Å². The molecule has 0 saturated carbocycles. The molecule has 0 aliphatic heterocycles. The monoisotopic (exact) mass is 1000 g/mol. The van der Waals surface area contributed by atoms with E-state index in [9.17, 15) is 19.8 Å². The number of unbranched alkanes of at least 4 members (excludes halogenated alkanes) is 47. The fourth-order valence-corrected chi connectivity index (χ4v) is 10.0. The van der Waals surface area contributed by atoms with Crippen LogP contribution in [0.3, 0.4) is 0 Å². The summed E-state index contributed by atoms with van der Waals surface area (Å²) in [7, 11) is 0. The van der Waals surface area contributed by atoms with Crippen LogP contribution in [0, 0.1) is 0 Å². The number of hydrogen-bond acceptors (Lipinski definition) is 5. The summed E-state index contributed by atoms with van der Waals surface area (Å²) in [5.41, 5.74) is 0. The summed E-state index contributed by atoms with van der Waals surface area (Å²) in [6, 6.07) is -0.646. The van der Waals surface area contributed by atoms with Gasteiger partial charge in [-0.15, -0.1) is 0 Å². The molecule has 0 aliphatic carbocycles. The van der Waals surface area contributed by atoms with Crippen LogP contribution in [0.5, 0.6) is 0 Å². The average molecular weight is 1000 g/mol. The van der Waals surface area contributed by atoms with Crippen LogP contribution >= 0.6 is 0 Å². The van der Waals surface area contributed by atoms with Crippen LogP contribution in [0.4, 0.5) is 0 Å². The molecule has 420 valence electrons. The van der Waals surface area contributed by atoms with Crippen molar-refractivity contribution in [2.75, 3.05) is 13.2 Å². The Hall–Kier alpha value is -1.66. The second-order valence-corrected chi connectivity index (χ2v) is 22.1. The van der Waals surface area contributed by atoms with E-state index in [1.165, 1.54) is 270 Å². The van der Waals surface area contributed by atoms with Gasteiger partial charge in [-0.25, -0.2) is 0 Å². The number of nitrogens with one attached hydrogen (secondary N) is 1. The van der Waals surface area contributed by atoms with Gasteiger partial charge >= 0.3 is 5.97 Å². The summed E-state index contributed by atoms with van der Waals surface area (Å²) in [5, 5.41) is 23.2. The van der Waals surface area contributed by atoms with E-state index in [1.807, 2.05) is 6.08 Å². The number of amides is 1. The van der Waals surface area contributed by atoms with Gasteiger partial charge in [0.25, 0.3) is 0 Å². The van der Waals surface area contributed by atoms with Crippen molar-refractivity contribution in [2.45, 2.75) is 366 Å². The van der Waals surface area contributed by atoms with Crippen molar-refractivity contribution in [1.29, 1.82) is 0 Å². The van der Waals surface area contributed by atoms with Gasteiger partial charge in [-0.1, -0.05) is 308 Å². The number of hydrogen-bond donors (Lipinski definition) is 3. The topological polar surface area (TPSA) is 95.9 Å². The summed E-state index contributed by atoms with van der Waals surface area (Å²) in [5.74, 6) is -0.107. The van der Waals surface area contributed by atoms with Crippen molar-refractivity contribution in [3.63, 3.8) is 0 Å². The molecular weight excluding hydrogens is 875 g/mol. The van der Waals surface area contributed by atoms with E-state index in [0.29, 0.717) is 19.4 Å². The molecule has 2 atom stereocenters. The lowest BCUT2D eigenvalue weighted by Crippen LogP contribution is -2.45. The van der Waals surface area contributed by atoms with Gasteiger partial charge in [0.15, 0.2) is 0 Å². The van der Waals surface area contributed by atoms with E-state index in [4.69, 9.17) is 4.74 Å². The normalized spacial score (nSPS) is 12.7. The number of ether oxygens (including phenoxy) is 1. The Labute approximate surface area is 443 Å². The smallest absolute Gasteiger partial charge is 0.305 e. The first-order chi connectivity index (χ1) is 35.0. The van der Waals surface area contributed by atoms with Crippen molar-refractivity contribution in [3.8, 4) is 0 Å². The number of aliphatic hydroxyl groups is 2. The molecule has 71 heavy (non-hydrogen) atoms. The number of carbonyl (C=O) groups excluding carboxylic acids is 2. The van der Waals surface area contributed by atoms with Crippen molar-refractivity contribution < 1.29 is 24.5 Å². The number of allylic oxidation sites excluding steroid dienone is 3. The predicted octanol–water partition coefficient (Wildman–Crippen LogP) is 20.2. The minimum Gasteiger partial charge on any atom is -0.466 e. The highest BCUT2D eigenvalue weighted by atomic mass is 16.5. The molecule has 0 aromatic carbocycles. The first-order valence-corrected chi connectivity index (χ1v) is 32.1. The first-order valence-electron chi connectivity index (χ1n) is 32.1. The lowest BCUT2D eigenvalue weighted by Gasteiger charge is -2.20. The molecule has 0 fully saturated rings. The fourth-order valence-electron chi connectivity index (χ4n) is 10.0. The summed E-state index contributed by atoms with van der Waals surface area (Å²) in [4.78, 5) is 24.6. The van der Waals surface area contributed by atoms with Crippen molar-refractivity contribution in [1.82, 2.24) is 5.32 Å². The van der Waals surface area contributed by atoms with E-state index < -0.39 is 12.1 Å². The van der Waals surface area contributed by atoms with Gasteiger partial charge < -0.3 is 20.3 Å². The number of rotatable bonds is 60. The Morgan fingerprint density at radius 2 is 0.662 bits per heavy atom. The van der Waals surface area contributed by atoms with E-state index in [2.05, 4.69) is 31.3 Å². The van der Waals surface area contributed by atoms with E-state index in [1.54, 1.807) is 6.08 Å². The van der Waals surface area contributed by atoms with Crippen LogP contribution < -0.4 is 5.32 Å². The summed E-state index contributed by atoms with van der Waals surface area (Å²) >= 11 is 0. The summed E-state index contributed by atoms with van der Waals surface area (Å²) in [6.45, 7) is 4.88. The molecule has 3 N–H and O–H groups in total. The van der Waals surface area contributed by atoms with Crippen molar-refractivity contribution in [3.05, 3.63) is 24.3 Å². The van der Waals surface area contributed by atoms with Gasteiger partial charge in [-0.05, 0) is 57.8 Å². The minimum atomic E-state index is -0.861. The maximum Gasteiger partial charge on any atom is 0.305 e. The van der Waals surface area contributed by atoms with E-state index in [-0.39, 0.29) is 18.5 Å². The van der Waals surface area contributed by atoms with Gasteiger partial charge in [-0.2, -0.15) is 0 Å². The molecule has 0 aromatic rings. The molecule has 6 nitrogen and oxygen atoms in total. The first kappa shape index (κ1) is 69.3. The zero-order valence-electron chi connectivity index (χ0n) is 48.0. The standard InChI is InChI=1S/C65H125NO5/c1-3-5-7-9-11-13-15-17-19-21-23-24-25-26-27-28-30-31-33-35-37-41-45-49-53-57-63(68)62(61-67)66-64(69)58-54-50-46-42-39-40-44-48-52-56-60-71-65(70)59-55-51-47-43-38-36-34-32-29-22-20-18-16-14-12-10-8-6-4-2/h18,20,53,57,62-63,67-68H,3-17,19,21-52,54-56,58-61H2,1-2H3,(H,66,69)/b20-18-,57-53+. The molecular formula is C65H125NO5. The van der Waals surface area contributed by atoms with E-state index >= 15 is 0 Å². The Balaban J connectivity index is 3.47. The highest BCUT2D eigenvalue weighted by Crippen LogP contribution is 2.18.